The molecule has 0 fully saturated rings. The highest BCUT2D eigenvalue weighted by molar-refractivity contribution is 7.25. The van der Waals surface area contributed by atoms with E-state index < -0.39 is 0 Å². The minimum atomic E-state index is -0.0567. The molecule has 0 unspecified atom stereocenters. The monoisotopic (exact) mass is 519 g/mol. The molecule has 8 rings (SSSR count). The Kier molecular flexibility index (Phi) is 4.73. The highest BCUT2D eigenvalue weighted by Gasteiger charge is 2.36. The van der Waals surface area contributed by atoms with Gasteiger partial charge in [0.15, 0.2) is 0 Å². The number of nitrogens with zero attached hydrogens (tertiary/aromatic N) is 3. The van der Waals surface area contributed by atoms with E-state index in [0.717, 1.165) is 32.5 Å². The molecule has 7 aromatic rings. The number of fused-ring (bicyclic) bond motifs is 6. The highest BCUT2D eigenvalue weighted by Crippen LogP contribution is 2.51. The first-order valence-electron chi connectivity index (χ1n) is 13.3. The maximum atomic E-state index is 4.92. The molecule has 0 spiro atoms. The summed E-state index contributed by atoms with van der Waals surface area (Å²) < 4.78 is 1.21. The zero-order valence-electron chi connectivity index (χ0n) is 21.7. The predicted molar refractivity (Wildman–Crippen MR) is 165 cm³/mol. The van der Waals surface area contributed by atoms with Crippen molar-refractivity contribution >= 4 is 59.9 Å². The number of anilines is 3. The molecule has 0 amide bonds. The standard InChI is InChI=1S/C35H25N3S/c1-35(2)26-9-3-7-13-30(26)38(31-14-8-4-10-27(31)35)24-18-15-22(16-19-24)23-17-20-25-32(21-23)39-34-33(25)36-28-11-5-6-12-29(28)37-34/h3-21H,1-2H3. The summed E-state index contributed by atoms with van der Waals surface area (Å²) >= 11 is 1.71. The Morgan fingerprint density at radius 2 is 1.21 bits per heavy atom. The van der Waals surface area contributed by atoms with Crippen LogP contribution in [0.1, 0.15) is 25.0 Å². The lowest BCUT2D eigenvalue weighted by Crippen LogP contribution is -2.30. The van der Waals surface area contributed by atoms with Crippen molar-refractivity contribution in [3.8, 4) is 11.1 Å². The molecule has 3 heterocycles. The van der Waals surface area contributed by atoms with Gasteiger partial charge in [0.2, 0.25) is 0 Å². The van der Waals surface area contributed by atoms with Crippen molar-refractivity contribution in [2.45, 2.75) is 19.3 Å². The van der Waals surface area contributed by atoms with Crippen LogP contribution in [0.25, 0.3) is 42.6 Å². The number of hydrogen-bond donors (Lipinski definition) is 0. The number of rotatable bonds is 2. The minimum Gasteiger partial charge on any atom is -0.310 e. The summed E-state index contributed by atoms with van der Waals surface area (Å²) in [6.45, 7) is 4.64. The average Bonchev–Trinajstić information content (AvgIpc) is 3.33. The van der Waals surface area contributed by atoms with E-state index in [1.807, 2.05) is 24.3 Å². The normalized spacial score (nSPS) is 14.1. The fraction of sp³-hybridized carbons (Fsp3) is 0.0857. The number of benzene rings is 5. The first-order valence-corrected chi connectivity index (χ1v) is 14.1. The molecule has 2 aromatic heterocycles. The van der Waals surface area contributed by atoms with Crippen LogP contribution in [0.4, 0.5) is 17.1 Å². The highest BCUT2D eigenvalue weighted by atomic mass is 32.1. The van der Waals surface area contributed by atoms with Crippen molar-refractivity contribution in [2.24, 2.45) is 0 Å². The second-order valence-electron chi connectivity index (χ2n) is 10.7. The average molecular weight is 520 g/mol. The molecule has 1 aliphatic rings. The van der Waals surface area contributed by atoms with Crippen molar-refractivity contribution in [1.29, 1.82) is 0 Å². The molecule has 0 radical (unpaired) electrons. The fourth-order valence-electron chi connectivity index (χ4n) is 6.07. The van der Waals surface area contributed by atoms with Gasteiger partial charge in [-0.3, -0.25) is 0 Å². The Morgan fingerprint density at radius 1 is 0.615 bits per heavy atom. The molecule has 1 aliphatic heterocycles. The van der Waals surface area contributed by atoms with Gasteiger partial charge in [0.1, 0.15) is 10.3 Å². The van der Waals surface area contributed by atoms with Gasteiger partial charge in [-0.15, -0.1) is 11.3 Å². The molecule has 4 heteroatoms. The van der Waals surface area contributed by atoms with Crippen LogP contribution in [0.3, 0.4) is 0 Å². The Balaban J connectivity index is 1.21. The van der Waals surface area contributed by atoms with Crippen LogP contribution in [0.5, 0.6) is 0 Å². The maximum absolute atomic E-state index is 4.92. The number of thiophene rings is 1. The van der Waals surface area contributed by atoms with E-state index in [1.165, 1.54) is 38.3 Å². The van der Waals surface area contributed by atoms with Crippen molar-refractivity contribution in [3.63, 3.8) is 0 Å². The molecule has 5 aromatic carbocycles. The van der Waals surface area contributed by atoms with Gasteiger partial charge in [0.05, 0.1) is 22.4 Å². The van der Waals surface area contributed by atoms with Crippen LogP contribution >= 0.6 is 11.3 Å². The van der Waals surface area contributed by atoms with Crippen LogP contribution in [-0.4, -0.2) is 9.97 Å². The summed E-state index contributed by atoms with van der Waals surface area (Å²) in [5.41, 5.74) is 11.5. The number of hydrogen-bond acceptors (Lipinski definition) is 4. The van der Waals surface area contributed by atoms with Gasteiger partial charge >= 0.3 is 0 Å². The maximum Gasteiger partial charge on any atom is 0.143 e. The molecule has 0 bridgehead atoms. The van der Waals surface area contributed by atoms with E-state index in [2.05, 4.69) is 110 Å². The Hall–Kier alpha value is -4.54. The topological polar surface area (TPSA) is 29.0 Å². The molecule has 39 heavy (non-hydrogen) atoms. The summed E-state index contributed by atoms with van der Waals surface area (Å²) in [7, 11) is 0. The van der Waals surface area contributed by atoms with Gasteiger partial charge in [-0.25, -0.2) is 9.97 Å². The minimum absolute atomic E-state index is 0.0567. The van der Waals surface area contributed by atoms with Crippen molar-refractivity contribution in [2.75, 3.05) is 4.90 Å². The van der Waals surface area contributed by atoms with Crippen LogP contribution in [0.15, 0.2) is 115 Å². The third kappa shape index (κ3) is 3.35. The third-order valence-corrected chi connectivity index (χ3v) is 9.11. The molecule has 0 aliphatic carbocycles. The first-order chi connectivity index (χ1) is 19.1. The Morgan fingerprint density at radius 3 is 1.90 bits per heavy atom. The van der Waals surface area contributed by atoms with E-state index in [4.69, 9.17) is 9.97 Å². The van der Waals surface area contributed by atoms with Crippen molar-refractivity contribution < 1.29 is 0 Å². The van der Waals surface area contributed by atoms with Gasteiger partial charge in [-0.1, -0.05) is 86.6 Å². The first kappa shape index (κ1) is 22.4. The van der Waals surface area contributed by atoms with Gasteiger partial charge < -0.3 is 4.90 Å². The second-order valence-corrected chi connectivity index (χ2v) is 11.8. The fourth-order valence-corrected chi connectivity index (χ4v) is 7.13. The zero-order chi connectivity index (χ0) is 26.1. The smallest absolute Gasteiger partial charge is 0.143 e. The van der Waals surface area contributed by atoms with Crippen molar-refractivity contribution in [3.05, 3.63) is 126 Å². The van der Waals surface area contributed by atoms with Crippen molar-refractivity contribution in [1.82, 2.24) is 9.97 Å². The van der Waals surface area contributed by atoms with Gasteiger partial charge in [0, 0.05) is 21.2 Å². The molecule has 3 nitrogen and oxygen atoms in total. The number of aromatic nitrogens is 2. The molecule has 0 N–H and O–H groups in total. The molecule has 0 atom stereocenters. The van der Waals surface area contributed by atoms with Gasteiger partial charge in [0.25, 0.3) is 0 Å². The van der Waals surface area contributed by atoms with Crippen LogP contribution in [-0.2, 0) is 5.41 Å². The van der Waals surface area contributed by atoms with E-state index >= 15 is 0 Å². The summed E-state index contributed by atoms with van der Waals surface area (Å²) in [6.07, 6.45) is 0. The predicted octanol–water partition coefficient (Wildman–Crippen LogP) is 9.77. The molecule has 0 saturated heterocycles. The second kappa shape index (κ2) is 8.23. The van der Waals surface area contributed by atoms with Crippen LogP contribution in [0, 0.1) is 0 Å². The van der Waals surface area contributed by atoms with Gasteiger partial charge in [-0.05, 0) is 64.7 Å². The van der Waals surface area contributed by atoms with E-state index in [1.54, 1.807) is 11.3 Å². The SMILES string of the molecule is CC1(C)c2ccccc2N(c2ccc(-c3ccc4c(c3)sc3nc5ccccc5nc34)cc2)c2ccccc21. The van der Waals surface area contributed by atoms with Gasteiger partial charge in [-0.2, -0.15) is 0 Å². The largest absolute Gasteiger partial charge is 0.310 e. The van der Waals surface area contributed by atoms with E-state index in [0.29, 0.717) is 0 Å². The summed E-state index contributed by atoms with van der Waals surface area (Å²) in [5.74, 6) is 0. The molecule has 0 saturated carbocycles. The van der Waals surface area contributed by atoms with E-state index in [-0.39, 0.29) is 5.41 Å². The summed E-state index contributed by atoms with van der Waals surface area (Å²) in [5, 5.41) is 1.16. The third-order valence-electron chi connectivity index (χ3n) is 8.08. The quantitative estimate of drug-likeness (QED) is 0.228. The Labute approximate surface area is 231 Å². The lowest BCUT2D eigenvalue weighted by atomic mass is 9.73. The Bertz CT molecular complexity index is 2000. The molecular formula is C35H25N3S. The number of para-hydroxylation sites is 4. The lowest BCUT2D eigenvalue weighted by molar-refractivity contribution is 0.632. The summed E-state index contributed by atoms with van der Waals surface area (Å²) in [6, 6.07) is 41.3. The molecule has 186 valence electrons. The zero-order valence-corrected chi connectivity index (χ0v) is 22.5. The van der Waals surface area contributed by atoms with Crippen LogP contribution < -0.4 is 4.90 Å². The van der Waals surface area contributed by atoms with Crippen LogP contribution in [0.2, 0.25) is 0 Å². The van der Waals surface area contributed by atoms with E-state index in [9.17, 15) is 0 Å². The summed E-state index contributed by atoms with van der Waals surface area (Å²) in [4.78, 5) is 13.2. The molecular weight excluding hydrogens is 494 g/mol. The lowest BCUT2D eigenvalue weighted by Gasteiger charge is -2.42.